The summed E-state index contributed by atoms with van der Waals surface area (Å²) in [6.45, 7) is 2.15. The molecule has 0 fully saturated rings. The average molecular weight is 214 g/mol. The molecule has 0 saturated heterocycles. The van der Waals surface area contributed by atoms with E-state index < -0.39 is 6.11 Å². The average Bonchev–Trinajstić information content (AvgIpc) is 2.05. The monoisotopic (exact) mass is 214 g/mol. The largest absolute Gasteiger partial charge is 0.433 e. The van der Waals surface area contributed by atoms with Gasteiger partial charge in [0, 0.05) is 13.3 Å². The predicted molar refractivity (Wildman–Crippen MR) is 52.1 cm³/mol. The van der Waals surface area contributed by atoms with Crippen LogP contribution in [0, 0.1) is 0 Å². The zero-order chi connectivity index (χ0) is 11.5. The second-order valence-electron chi connectivity index (χ2n) is 3.43. The number of alkyl halides is 2. The third-order valence-corrected chi connectivity index (χ3v) is 1.67. The number of Topliss-reactive ketones (excluding diaryl/α,β-unsaturated/α-hetero) is 1. The Bertz CT molecular complexity index is 339. The first-order valence-corrected chi connectivity index (χ1v) is 4.52. The smallest absolute Gasteiger partial charge is 0.394 e. The standard InChI is InChI=1S/C11H12F2O2/c1-8(14)7-9-3-5-10(6-4-9)15-11(2,12)13/h3-6H,7H2,1-2H3. The lowest BCUT2D eigenvalue weighted by Gasteiger charge is -2.12. The van der Waals surface area contributed by atoms with Gasteiger partial charge in [-0.2, -0.15) is 8.78 Å². The number of carbonyl (C=O) groups excluding carboxylic acids is 1. The van der Waals surface area contributed by atoms with Crippen LogP contribution in [-0.4, -0.2) is 11.9 Å². The molecular weight excluding hydrogens is 202 g/mol. The molecule has 82 valence electrons. The Kier molecular flexibility index (Phi) is 3.39. The van der Waals surface area contributed by atoms with E-state index in [1.807, 2.05) is 0 Å². The van der Waals surface area contributed by atoms with Crippen molar-refractivity contribution in [2.45, 2.75) is 26.4 Å². The molecule has 0 aromatic heterocycles. The minimum atomic E-state index is -3.18. The third kappa shape index (κ3) is 4.54. The highest BCUT2D eigenvalue weighted by molar-refractivity contribution is 5.78. The van der Waals surface area contributed by atoms with Gasteiger partial charge in [0.15, 0.2) is 0 Å². The molecule has 0 heterocycles. The van der Waals surface area contributed by atoms with E-state index in [1.165, 1.54) is 19.1 Å². The van der Waals surface area contributed by atoms with Crippen LogP contribution in [0.25, 0.3) is 0 Å². The van der Waals surface area contributed by atoms with Gasteiger partial charge in [-0.1, -0.05) is 12.1 Å². The number of hydrogen-bond acceptors (Lipinski definition) is 2. The summed E-state index contributed by atoms with van der Waals surface area (Å²) >= 11 is 0. The summed E-state index contributed by atoms with van der Waals surface area (Å²) in [6, 6.07) is 6.05. The summed E-state index contributed by atoms with van der Waals surface area (Å²) in [7, 11) is 0. The highest BCUT2D eigenvalue weighted by atomic mass is 19.3. The minimum absolute atomic E-state index is 0.0319. The van der Waals surface area contributed by atoms with E-state index in [4.69, 9.17) is 0 Å². The van der Waals surface area contributed by atoms with Crippen LogP contribution in [0.15, 0.2) is 24.3 Å². The molecule has 1 aromatic carbocycles. The minimum Gasteiger partial charge on any atom is -0.433 e. The molecule has 0 atom stereocenters. The summed E-state index contributed by atoms with van der Waals surface area (Å²) in [4.78, 5) is 10.8. The zero-order valence-corrected chi connectivity index (χ0v) is 8.59. The Morgan fingerprint density at radius 3 is 2.27 bits per heavy atom. The molecule has 1 aromatic rings. The second kappa shape index (κ2) is 4.38. The van der Waals surface area contributed by atoms with Crippen molar-refractivity contribution in [2.75, 3.05) is 0 Å². The van der Waals surface area contributed by atoms with Gasteiger partial charge in [-0.15, -0.1) is 0 Å². The van der Waals surface area contributed by atoms with Crippen LogP contribution in [0.5, 0.6) is 5.75 Å². The van der Waals surface area contributed by atoms with E-state index in [-0.39, 0.29) is 11.5 Å². The topological polar surface area (TPSA) is 26.3 Å². The Hall–Kier alpha value is -1.45. The van der Waals surface area contributed by atoms with E-state index in [9.17, 15) is 13.6 Å². The highest BCUT2D eigenvalue weighted by Gasteiger charge is 2.22. The lowest BCUT2D eigenvalue weighted by atomic mass is 10.1. The van der Waals surface area contributed by atoms with Gasteiger partial charge in [0.05, 0.1) is 0 Å². The van der Waals surface area contributed by atoms with Crippen LogP contribution in [0.1, 0.15) is 19.4 Å². The van der Waals surface area contributed by atoms with Gasteiger partial charge < -0.3 is 4.74 Å². The summed E-state index contributed by atoms with van der Waals surface area (Å²) in [6.07, 6.45) is -2.87. The first kappa shape index (κ1) is 11.6. The number of halogens is 2. The molecule has 0 radical (unpaired) electrons. The molecule has 0 aliphatic carbocycles. The van der Waals surface area contributed by atoms with Crippen molar-refractivity contribution in [1.29, 1.82) is 0 Å². The number of benzene rings is 1. The molecule has 0 aliphatic heterocycles. The maximum atomic E-state index is 12.4. The van der Waals surface area contributed by atoms with Gasteiger partial charge in [0.1, 0.15) is 11.5 Å². The molecule has 2 nitrogen and oxygen atoms in total. The summed E-state index contributed by atoms with van der Waals surface area (Å²) < 4.78 is 29.2. The number of hydrogen-bond donors (Lipinski definition) is 0. The second-order valence-corrected chi connectivity index (χ2v) is 3.43. The Morgan fingerprint density at radius 2 is 1.87 bits per heavy atom. The zero-order valence-electron chi connectivity index (χ0n) is 8.59. The van der Waals surface area contributed by atoms with Crippen molar-refractivity contribution in [2.24, 2.45) is 0 Å². The Balaban J connectivity index is 2.68. The first-order chi connectivity index (χ1) is 6.87. The van der Waals surface area contributed by atoms with Gasteiger partial charge in [0.25, 0.3) is 0 Å². The fourth-order valence-corrected chi connectivity index (χ4v) is 1.17. The summed E-state index contributed by atoms with van der Waals surface area (Å²) in [5.74, 6) is 0.124. The fourth-order valence-electron chi connectivity index (χ4n) is 1.17. The maximum absolute atomic E-state index is 12.4. The van der Waals surface area contributed by atoms with E-state index in [0.717, 1.165) is 5.56 Å². The molecule has 0 spiro atoms. The maximum Gasteiger partial charge on any atom is 0.394 e. The Morgan fingerprint density at radius 1 is 1.33 bits per heavy atom. The van der Waals surface area contributed by atoms with Crippen molar-refractivity contribution < 1.29 is 18.3 Å². The van der Waals surface area contributed by atoms with Crippen molar-refractivity contribution in [3.63, 3.8) is 0 Å². The molecular formula is C11H12F2O2. The van der Waals surface area contributed by atoms with Crippen LogP contribution in [-0.2, 0) is 11.2 Å². The van der Waals surface area contributed by atoms with E-state index >= 15 is 0 Å². The molecule has 0 bridgehead atoms. The molecule has 15 heavy (non-hydrogen) atoms. The summed E-state index contributed by atoms with van der Waals surface area (Å²) in [5, 5.41) is 0. The predicted octanol–water partition coefficient (Wildman–Crippen LogP) is 2.81. The molecule has 0 unspecified atom stereocenters. The Labute approximate surface area is 86.9 Å². The van der Waals surface area contributed by atoms with Crippen molar-refractivity contribution in [3.05, 3.63) is 29.8 Å². The van der Waals surface area contributed by atoms with Gasteiger partial charge in [-0.3, -0.25) is 4.79 Å². The van der Waals surface area contributed by atoms with Gasteiger partial charge in [-0.05, 0) is 24.6 Å². The number of ether oxygens (including phenoxy) is 1. The van der Waals surface area contributed by atoms with Crippen molar-refractivity contribution >= 4 is 5.78 Å². The van der Waals surface area contributed by atoms with E-state index in [2.05, 4.69) is 4.74 Å². The number of rotatable bonds is 4. The van der Waals surface area contributed by atoms with Gasteiger partial charge in [0.2, 0.25) is 0 Å². The number of ketones is 1. The molecule has 1 rings (SSSR count). The fraction of sp³-hybridized carbons (Fsp3) is 0.364. The van der Waals surface area contributed by atoms with Crippen molar-refractivity contribution in [1.82, 2.24) is 0 Å². The van der Waals surface area contributed by atoms with E-state index in [0.29, 0.717) is 13.3 Å². The molecule has 0 amide bonds. The van der Waals surface area contributed by atoms with Crippen LogP contribution in [0.2, 0.25) is 0 Å². The first-order valence-electron chi connectivity index (χ1n) is 4.52. The van der Waals surface area contributed by atoms with Crippen molar-refractivity contribution in [3.8, 4) is 5.75 Å². The van der Waals surface area contributed by atoms with Crippen LogP contribution in [0.3, 0.4) is 0 Å². The highest BCUT2D eigenvalue weighted by Crippen LogP contribution is 2.21. The lowest BCUT2D eigenvalue weighted by molar-refractivity contribution is -0.159. The van der Waals surface area contributed by atoms with Crippen LogP contribution in [0.4, 0.5) is 8.78 Å². The molecule has 0 aliphatic rings. The lowest BCUT2D eigenvalue weighted by Crippen LogP contribution is -2.19. The van der Waals surface area contributed by atoms with Gasteiger partial charge in [-0.25, -0.2) is 0 Å². The number of carbonyl (C=O) groups is 1. The SMILES string of the molecule is CC(=O)Cc1ccc(OC(C)(F)F)cc1. The normalized spacial score (nSPS) is 11.2. The summed E-state index contributed by atoms with van der Waals surface area (Å²) in [5.41, 5.74) is 0.786. The van der Waals surface area contributed by atoms with Crippen LogP contribution >= 0.6 is 0 Å². The van der Waals surface area contributed by atoms with Crippen LogP contribution < -0.4 is 4.74 Å². The third-order valence-electron chi connectivity index (χ3n) is 1.67. The molecule has 4 heteroatoms. The van der Waals surface area contributed by atoms with E-state index in [1.54, 1.807) is 12.1 Å². The van der Waals surface area contributed by atoms with Gasteiger partial charge >= 0.3 is 6.11 Å². The molecule has 0 saturated carbocycles. The molecule has 0 N–H and O–H groups in total. The quantitative estimate of drug-likeness (QED) is 0.770.